The number of benzene rings is 1. The number of para-hydroxylation sites is 1. The average molecular weight is 405 g/mol. The van der Waals surface area contributed by atoms with E-state index in [-0.39, 0.29) is 16.6 Å². The minimum absolute atomic E-state index is 0.107. The van der Waals surface area contributed by atoms with Crippen molar-refractivity contribution in [2.75, 3.05) is 43.6 Å². The normalized spacial score (nSPS) is 17.6. The average Bonchev–Trinajstić information content (AvgIpc) is 2.78. The number of hydrogen-bond acceptors (Lipinski definition) is 5. The number of nitrogens with zero attached hydrogens (tertiary/aromatic N) is 3. The van der Waals surface area contributed by atoms with Gasteiger partial charge in [0.05, 0.1) is 17.9 Å². The van der Waals surface area contributed by atoms with Crippen LogP contribution in [0.2, 0.25) is 5.02 Å². The van der Waals surface area contributed by atoms with Crippen LogP contribution in [0.5, 0.6) is 0 Å². The van der Waals surface area contributed by atoms with Crippen molar-refractivity contribution < 1.29 is 4.74 Å². The van der Waals surface area contributed by atoms with Gasteiger partial charge in [-0.15, -0.1) is 0 Å². The van der Waals surface area contributed by atoms with Gasteiger partial charge in [-0.2, -0.15) is 5.10 Å². The zero-order valence-corrected chi connectivity index (χ0v) is 17.2. The van der Waals surface area contributed by atoms with Crippen molar-refractivity contribution in [1.82, 2.24) is 9.78 Å². The van der Waals surface area contributed by atoms with Crippen LogP contribution in [-0.4, -0.2) is 43.1 Å². The van der Waals surface area contributed by atoms with E-state index in [9.17, 15) is 4.79 Å². The molecule has 4 rings (SSSR count). The Hall–Kier alpha value is -2.05. The van der Waals surface area contributed by atoms with Gasteiger partial charge >= 0.3 is 0 Å². The molecule has 152 valence electrons. The fourth-order valence-corrected chi connectivity index (χ4v) is 3.80. The summed E-state index contributed by atoms with van der Waals surface area (Å²) in [6.07, 6.45) is 7.32. The summed E-state index contributed by atoms with van der Waals surface area (Å²) in [7, 11) is 1.73. The van der Waals surface area contributed by atoms with E-state index in [1.54, 1.807) is 13.2 Å². The second-order valence-corrected chi connectivity index (χ2v) is 7.48. The highest BCUT2D eigenvalue weighted by Crippen LogP contribution is 2.26. The molecule has 0 spiro atoms. The lowest BCUT2D eigenvalue weighted by Gasteiger charge is -2.33. The third-order valence-corrected chi connectivity index (χ3v) is 5.59. The van der Waals surface area contributed by atoms with Gasteiger partial charge in [-0.05, 0) is 44.2 Å². The van der Waals surface area contributed by atoms with Gasteiger partial charge < -0.3 is 15.0 Å². The highest BCUT2D eigenvalue weighted by Gasteiger charge is 2.23. The predicted molar refractivity (Wildman–Crippen MR) is 115 cm³/mol. The first-order valence-electron chi connectivity index (χ1n) is 10.0. The van der Waals surface area contributed by atoms with Crippen LogP contribution in [0.4, 0.5) is 11.4 Å². The molecule has 1 N–H and O–H groups in total. The molecule has 28 heavy (non-hydrogen) atoms. The van der Waals surface area contributed by atoms with Crippen molar-refractivity contribution in [3.63, 3.8) is 0 Å². The smallest absolute Gasteiger partial charge is 0.287 e. The maximum Gasteiger partial charge on any atom is 0.287 e. The molecule has 2 fully saturated rings. The minimum atomic E-state index is -0.216. The fraction of sp³-hybridized carbons (Fsp3) is 0.524. The summed E-state index contributed by atoms with van der Waals surface area (Å²) in [5, 5.41) is 7.36. The highest BCUT2D eigenvalue weighted by atomic mass is 35.5. The van der Waals surface area contributed by atoms with Crippen LogP contribution in [0, 0.1) is 0 Å². The Balaban J connectivity index is 0.000000320. The number of anilines is 2. The van der Waals surface area contributed by atoms with Crippen molar-refractivity contribution in [1.29, 1.82) is 0 Å². The summed E-state index contributed by atoms with van der Waals surface area (Å²) in [6.45, 7) is 3.82. The molecule has 1 aromatic carbocycles. The number of piperidine rings is 1. The van der Waals surface area contributed by atoms with Crippen molar-refractivity contribution in [3.8, 4) is 0 Å². The minimum Gasteiger partial charge on any atom is -0.385 e. The molecular weight excluding hydrogens is 376 g/mol. The van der Waals surface area contributed by atoms with E-state index in [1.165, 1.54) is 29.6 Å². The molecule has 0 bridgehead atoms. The summed E-state index contributed by atoms with van der Waals surface area (Å²) in [4.78, 5) is 14.7. The molecule has 0 aliphatic carbocycles. The van der Waals surface area contributed by atoms with E-state index in [2.05, 4.69) is 27.4 Å². The summed E-state index contributed by atoms with van der Waals surface area (Å²) in [5.74, 6) is 0. The first kappa shape index (κ1) is 20.7. The number of hydrogen-bond donors (Lipinski definition) is 1. The molecule has 2 aromatic rings. The zero-order valence-electron chi connectivity index (χ0n) is 16.4. The van der Waals surface area contributed by atoms with Crippen LogP contribution >= 0.6 is 11.6 Å². The quantitative estimate of drug-likeness (QED) is 0.838. The molecule has 1 aromatic heterocycles. The Morgan fingerprint density at radius 2 is 1.79 bits per heavy atom. The van der Waals surface area contributed by atoms with E-state index in [0.717, 1.165) is 39.1 Å². The molecule has 2 saturated heterocycles. The zero-order chi connectivity index (χ0) is 19.8. The monoisotopic (exact) mass is 404 g/mol. The number of aromatic nitrogens is 2. The van der Waals surface area contributed by atoms with Gasteiger partial charge in [-0.25, -0.2) is 4.68 Å². The van der Waals surface area contributed by atoms with Crippen molar-refractivity contribution in [3.05, 3.63) is 51.9 Å². The van der Waals surface area contributed by atoms with Crippen LogP contribution in [-0.2, 0) is 4.74 Å². The van der Waals surface area contributed by atoms with Gasteiger partial charge in [-0.1, -0.05) is 29.8 Å². The van der Waals surface area contributed by atoms with Crippen molar-refractivity contribution >= 4 is 23.0 Å². The van der Waals surface area contributed by atoms with E-state index < -0.39 is 0 Å². The number of nitrogens with one attached hydrogen (secondary N) is 1. The molecule has 0 saturated carbocycles. The van der Waals surface area contributed by atoms with Gasteiger partial charge in [0.2, 0.25) is 0 Å². The number of ether oxygens (including phenoxy) is 1. The van der Waals surface area contributed by atoms with Gasteiger partial charge in [0.25, 0.3) is 5.56 Å². The SMILES string of the molecule is C1CCOCC1.CNc1cnn(C2CCN(c3ccccc3)CC2)c(=O)c1Cl. The predicted octanol–water partition coefficient (Wildman–Crippen LogP) is 3.97. The van der Waals surface area contributed by atoms with Crippen LogP contribution < -0.4 is 15.8 Å². The van der Waals surface area contributed by atoms with E-state index in [1.807, 2.05) is 18.2 Å². The number of halogens is 1. The van der Waals surface area contributed by atoms with E-state index in [4.69, 9.17) is 16.3 Å². The summed E-state index contributed by atoms with van der Waals surface area (Å²) < 4.78 is 6.60. The highest BCUT2D eigenvalue weighted by molar-refractivity contribution is 6.32. The summed E-state index contributed by atoms with van der Waals surface area (Å²) in [5.41, 5.74) is 1.58. The van der Waals surface area contributed by atoms with Gasteiger partial charge in [0, 0.05) is 39.0 Å². The largest absolute Gasteiger partial charge is 0.385 e. The first-order valence-corrected chi connectivity index (χ1v) is 10.4. The maximum absolute atomic E-state index is 12.3. The lowest BCUT2D eigenvalue weighted by Crippen LogP contribution is -2.38. The Morgan fingerprint density at radius 1 is 1.11 bits per heavy atom. The van der Waals surface area contributed by atoms with Crippen molar-refractivity contribution in [2.24, 2.45) is 0 Å². The van der Waals surface area contributed by atoms with E-state index in [0.29, 0.717) is 5.69 Å². The summed E-state index contributed by atoms with van der Waals surface area (Å²) >= 11 is 6.10. The van der Waals surface area contributed by atoms with Crippen molar-refractivity contribution in [2.45, 2.75) is 38.1 Å². The molecule has 3 heterocycles. The topological polar surface area (TPSA) is 59.4 Å². The third-order valence-electron chi connectivity index (χ3n) is 5.22. The Kier molecular flexibility index (Phi) is 7.74. The van der Waals surface area contributed by atoms with Gasteiger partial charge in [0.1, 0.15) is 5.02 Å². The molecule has 2 aliphatic heterocycles. The summed E-state index contributed by atoms with van der Waals surface area (Å²) in [6, 6.07) is 10.4. The van der Waals surface area contributed by atoms with Gasteiger partial charge in [-0.3, -0.25) is 4.79 Å². The molecule has 2 aliphatic rings. The van der Waals surface area contributed by atoms with Crippen LogP contribution in [0.25, 0.3) is 0 Å². The van der Waals surface area contributed by atoms with Crippen LogP contribution in [0.15, 0.2) is 41.3 Å². The molecule has 6 nitrogen and oxygen atoms in total. The Morgan fingerprint density at radius 3 is 2.32 bits per heavy atom. The Bertz CT molecular complexity index is 773. The molecule has 0 unspecified atom stereocenters. The Labute approximate surface area is 171 Å². The lowest BCUT2D eigenvalue weighted by molar-refractivity contribution is 0.0968. The van der Waals surface area contributed by atoms with E-state index >= 15 is 0 Å². The van der Waals surface area contributed by atoms with Gasteiger partial charge in [0.15, 0.2) is 0 Å². The van der Waals surface area contributed by atoms with Crippen LogP contribution in [0.3, 0.4) is 0 Å². The molecule has 0 radical (unpaired) electrons. The van der Waals surface area contributed by atoms with Crippen LogP contribution in [0.1, 0.15) is 38.1 Å². The lowest BCUT2D eigenvalue weighted by atomic mass is 10.0. The second-order valence-electron chi connectivity index (χ2n) is 7.10. The molecular formula is C21H29ClN4O2. The maximum atomic E-state index is 12.3. The second kappa shape index (κ2) is 10.5. The third kappa shape index (κ3) is 5.26. The molecule has 0 amide bonds. The fourth-order valence-electron chi connectivity index (χ4n) is 3.57. The molecule has 0 atom stereocenters. The molecule has 7 heteroatoms. The standard InChI is InChI=1S/C16H19ClN4O.C5H10O/c1-18-14-11-19-21(16(22)15(14)17)13-7-9-20(10-8-13)12-5-3-2-4-6-12;1-2-4-6-5-3-1/h2-6,11,13,18H,7-10H2,1H3;1-5H2. The first-order chi connectivity index (χ1) is 13.7. The number of rotatable bonds is 3.